The van der Waals surface area contributed by atoms with Crippen molar-refractivity contribution in [2.24, 2.45) is 0 Å². The zero-order chi connectivity index (χ0) is 13.9. The highest BCUT2D eigenvalue weighted by Gasteiger charge is 2.24. The van der Waals surface area contributed by atoms with Crippen molar-refractivity contribution < 1.29 is 0 Å². The molecule has 1 N–H and O–H groups in total. The van der Waals surface area contributed by atoms with Crippen LogP contribution in [0.3, 0.4) is 0 Å². The van der Waals surface area contributed by atoms with Crippen LogP contribution in [0, 0.1) is 0 Å². The van der Waals surface area contributed by atoms with Crippen LogP contribution in [0.1, 0.15) is 45.7 Å². The van der Waals surface area contributed by atoms with Gasteiger partial charge in [-0.3, -0.25) is 0 Å². The second-order valence-corrected chi connectivity index (χ2v) is 6.35. The standard InChI is InChI=1S/C15H25BrN2/c1-7-15(3,4)18(6)14-10-12(16)8-9-13(14)11(2)17-5/h8-11,17H,7H2,1-6H3. The lowest BCUT2D eigenvalue weighted by atomic mass is 9.96. The number of anilines is 1. The van der Waals surface area contributed by atoms with E-state index in [1.807, 2.05) is 7.05 Å². The first kappa shape index (κ1) is 15.5. The zero-order valence-electron chi connectivity index (χ0n) is 12.3. The SMILES string of the molecule is CCC(C)(C)N(C)c1cc(Br)ccc1C(C)NC. The molecule has 0 saturated heterocycles. The van der Waals surface area contributed by atoms with Gasteiger partial charge in [0.2, 0.25) is 0 Å². The minimum absolute atomic E-state index is 0.156. The molecule has 102 valence electrons. The van der Waals surface area contributed by atoms with Gasteiger partial charge in [-0.2, -0.15) is 0 Å². The van der Waals surface area contributed by atoms with E-state index in [0.717, 1.165) is 10.9 Å². The van der Waals surface area contributed by atoms with Gasteiger partial charge in [-0.1, -0.05) is 28.9 Å². The molecule has 0 spiro atoms. The van der Waals surface area contributed by atoms with Crippen LogP contribution >= 0.6 is 15.9 Å². The normalized spacial score (nSPS) is 13.5. The second-order valence-electron chi connectivity index (χ2n) is 5.44. The van der Waals surface area contributed by atoms with Gasteiger partial charge in [0.25, 0.3) is 0 Å². The number of benzene rings is 1. The van der Waals surface area contributed by atoms with Crippen LogP contribution in [-0.2, 0) is 0 Å². The van der Waals surface area contributed by atoms with E-state index in [0.29, 0.717) is 6.04 Å². The molecular weight excluding hydrogens is 288 g/mol. The summed E-state index contributed by atoms with van der Waals surface area (Å²) >= 11 is 3.58. The summed E-state index contributed by atoms with van der Waals surface area (Å²) < 4.78 is 1.13. The summed E-state index contributed by atoms with van der Waals surface area (Å²) in [5.41, 5.74) is 2.78. The smallest absolute Gasteiger partial charge is 0.0427 e. The Morgan fingerprint density at radius 3 is 2.50 bits per heavy atom. The number of nitrogens with one attached hydrogen (secondary N) is 1. The maximum atomic E-state index is 3.58. The first-order chi connectivity index (χ1) is 8.33. The summed E-state index contributed by atoms with van der Waals surface area (Å²) in [6, 6.07) is 6.87. The maximum absolute atomic E-state index is 3.58. The van der Waals surface area contributed by atoms with Gasteiger partial charge in [-0.15, -0.1) is 0 Å². The van der Waals surface area contributed by atoms with Crippen LogP contribution in [0.4, 0.5) is 5.69 Å². The quantitative estimate of drug-likeness (QED) is 0.869. The van der Waals surface area contributed by atoms with Crippen LogP contribution in [0.2, 0.25) is 0 Å². The number of rotatable bonds is 5. The van der Waals surface area contributed by atoms with Crippen molar-refractivity contribution in [3.63, 3.8) is 0 Å². The maximum Gasteiger partial charge on any atom is 0.0427 e. The van der Waals surface area contributed by atoms with Crippen LogP contribution in [0.5, 0.6) is 0 Å². The minimum Gasteiger partial charge on any atom is -0.369 e. The number of hydrogen-bond donors (Lipinski definition) is 1. The molecule has 0 bridgehead atoms. The molecule has 0 fully saturated rings. The molecule has 18 heavy (non-hydrogen) atoms. The van der Waals surface area contributed by atoms with Gasteiger partial charge in [-0.25, -0.2) is 0 Å². The Bertz CT molecular complexity index is 401. The van der Waals surface area contributed by atoms with Crippen LogP contribution in [0.25, 0.3) is 0 Å². The monoisotopic (exact) mass is 312 g/mol. The summed E-state index contributed by atoms with van der Waals surface area (Å²) in [4.78, 5) is 2.38. The Labute approximate surface area is 120 Å². The highest BCUT2D eigenvalue weighted by molar-refractivity contribution is 9.10. The zero-order valence-corrected chi connectivity index (χ0v) is 13.9. The van der Waals surface area contributed by atoms with E-state index in [2.05, 4.69) is 79.1 Å². The van der Waals surface area contributed by atoms with Gasteiger partial charge in [-0.05, 0) is 51.9 Å². The number of hydrogen-bond acceptors (Lipinski definition) is 2. The summed E-state index contributed by atoms with van der Waals surface area (Å²) in [5.74, 6) is 0. The Hall–Kier alpha value is -0.540. The third-order valence-corrected chi connectivity index (χ3v) is 4.52. The van der Waals surface area contributed by atoms with Crippen LogP contribution < -0.4 is 10.2 Å². The van der Waals surface area contributed by atoms with Gasteiger partial charge in [0.15, 0.2) is 0 Å². The fraction of sp³-hybridized carbons (Fsp3) is 0.600. The fourth-order valence-electron chi connectivity index (χ4n) is 1.89. The Morgan fingerprint density at radius 1 is 1.39 bits per heavy atom. The van der Waals surface area contributed by atoms with Gasteiger partial charge in [0.1, 0.15) is 0 Å². The summed E-state index contributed by atoms with van der Waals surface area (Å²) in [6.45, 7) is 8.98. The van der Waals surface area contributed by atoms with E-state index in [4.69, 9.17) is 0 Å². The molecule has 0 aliphatic heterocycles. The molecule has 1 unspecified atom stereocenters. The van der Waals surface area contributed by atoms with Crippen molar-refractivity contribution in [3.8, 4) is 0 Å². The van der Waals surface area contributed by atoms with Gasteiger partial charge in [0.05, 0.1) is 0 Å². The molecule has 3 heteroatoms. The molecule has 2 nitrogen and oxygen atoms in total. The highest BCUT2D eigenvalue weighted by Crippen LogP contribution is 2.33. The van der Waals surface area contributed by atoms with Crippen molar-refractivity contribution in [3.05, 3.63) is 28.2 Å². The van der Waals surface area contributed by atoms with E-state index >= 15 is 0 Å². The highest BCUT2D eigenvalue weighted by atomic mass is 79.9. The van der Waals surface area contributed by atoms with Crippen LogP contribution in [-0.4, -0.2) is 19.6 Å². The van der Waals surface area contributed by atoms with Gasteiger partial charge >= 0.3 is 0 Å². The van der Waals surface area contributed by atoms with E-state index in [1.54, 1.807) is 0 Å². The summed E-state index contributed by atoms with van der Waals surface area (Å²) in [6.07, 6.45) is 1.11. The molecular formula is C15H25BrN2. The molecule has 1 aromatic rings. The molecule has 0 aliphatic carbocycles. The third-order valence-electron chi connectivity index (χ3n) is 4.03. The van der Waals surface area contributed by atoms with Gasteiger partial charge in [0, 0.05) is 28.8 Å². The average molecular weight is 313 g/mol. The summed E-state index contributed by atoms with van der Waals surface area (Å²) in [7, 11) is 4.18. The van der Waals surface area contributed by atoms with Gasteiger partial charge < -0.3 is 10.2 Å². The largest absolute Gasteiger partial charge is 0.369 e. The lowest BCUT2D eigenvalue weighted by molar-refractivity contribution is 0.468. The predicted molar refractivity (Wildman–Crippen MR) is 84.4 cm³/mol. The summed E-state index contributed by atoms with van der Waals surface area (Å²) in [5, 5.41) is 3.32. The second kappa shape index (κ2) is 6.07. The third kappa shape index (κ3) is 3.27. The molecule has 1 aromatic carbocycles. The first-order valence-corrected chi connectivity index (χ1v) is 7.33. The van der Waals surface area contributed by atoms with Crippen molar-refractivity contribution in [2.45, 2.75) is 45.7 Å². The van der Waals surface area contributed by atoms with Crippen LogP contribution in [0.15, 0.2) is 22.7 Å². The lowest BCUT2D eigenvalue weighted by Gasteiger charge is -2.38. The molecule has 1 rings (SSSR count). The number of nitrogens with zero attached hydrogens (tertiary/aromatic N) is 1. The van der Waals surface area contributed by atoms with E-state index < -0.39 is 0 Å². The van der Waals surface area contributed by atoms with E-state index in [1.165, 1.54) is 11.3 Å². The molecule has 0 saturated carbocycles. The Morgan fingerprint density at radius 2 is 2.00 bits per heavy atom. The molecule has 0 radical (unpaired) electrons. The fourth-order valence-corrected chi connectivity index (χ4v) is 2.24. The average Bonchev–Trinajstić information content (AvgIpc) is 2.36. The van der Waals surface area contributed by atoms with Crippen molar-refractivity contribution in [1.29, 1.82) is 0 Å². The van der Waals surface area contributed by atoms with Crippen molar-refractivity contribution in [1.82, 2.24) is 5.32 Å². The Kier molecular flexibility index (Phi) is 5.23. The number of halogens is 1. The van der Waals surface area contributed by atoms with E-state index in [9.17, 15) is 0 Å². The molecule has 0 aliphatic rings. The predicted octanol–water partition coefficient (Wildman–Crippen LogP) is 4.35. The van der Waals surface area contributed by atoms with E-state index in [-0.39, 0.29) is 5.54 Å². The Balaban J connectivity index is 3.25. The molecule has 0 amide bonds. The molecule has 1 atom stereocenters. The lowest BCUT2D eigenvalue weighted by Crippen LogP contribution is -2.41. The minimum atomic E-state index is 0.156. The molecule has 0 aromatic heterocycles. The van der Waals surface area contributed by atoms with Crippen molar-refractivity contribution >= 4 is 21.6 Å². The van der Waals surface area contributed by atoms with Crippen molar-refractivity contribution in [2.75, 3.05) is 19.0 Å². The molecule has 0 heterocycles. The first-order valence-electron chi connectivity index (χ1n) is 6.54. The topological polar surface area (TPSA) is 15.3 Å².